The molecule has 2 aromatic heterocycles. The molecule has 4 rings (SSSR count). The van der Waals surface area contributed by atoms with E-state index in [0.29, 0.717) is 24.7 Å². The summed E-state index contributed by atoms with van der Waals surface area (Å²) >= 11 is 0. The second-order valence-corrected chi connectivity index (χ2v) is 6.22. The second kappa shape index (κ2) is 6.95. The maximum absolute atomic E-state index is 12.6. The SMILES string of the molecule is CCc1ccc2c(c1)CCN2C(=O)NCc1nc(-c2ccncc2)n[nH]1. The number of H-pyrrole nitrogens is 1. The molecule has 7 nitrogen and oxygen atoms in total. The third kappa shape index (κ3) is 3.15. The molecule has 132 valence electrons. The Labute approximate surface area is 151 Å². The molecule has 3 heterocycles. The molecule has 0 fully saturated rings. The lowest BCUT2D eigenvalue weighted by Crippen LogP contribution is -2.38. The summed E-state index contributed by atoms with van der Waals surface area (Å²) < 4.78 is 0. The molecule has 3 aromatic rings. The van der Waals surface area contributed by atoms with Gasteiger partial charge in [0.25, 0.3) is 0 Å². The monoisotopic (exact) mass is 348 g/mol. The predicted octanol–water partition coefficient (Wildman–Crippen LogP) is 2.70. The molecule has 0 spiro atoms. The van der Waals surface area contributed by atoms with Crippen molar-refractivity contribution in [3.63, 3.8) is 0 Å². The number of fused-ring (bicyclic) bond motifs is 1. The van der Waals surface area contributed by atoms with Crippen LogP contribution < -0.4 is 10.2 Å². The number of nitrogens with one attached hydrogen (secondary N) is 2. The first-order valence-corrected chi connectivity index (χ1v) is 8.73. The quantitative estimate of drug-likeness (QED) is 0.759. The van der Waals surface area contributed by atoms with E-state index in [-0.39, 0.29) is 6.03 Å². The fourth-order valence-electron chi connectivity index (χ4n) is 3.15. The first kappa shape index (κ1) is 16.3. The number of aryl methyl sites for hydroxylation is 1. The van der Waals surface area contributed by atoms with Crippen molar-refractivity contribution in [1.29, 1.82) is 0 Å². The number of urea groups is 1. The van der Waals surface area contributed by atoms with E-state index < -0.39 is 0 Å². The standard InChI is InChI=1S/C19H20N6O/c1-2-13-3-4-16-15(11-13)7-10-25(16)19(26)21-12-17-22-18(24-23-17)14-5-8-20-9-6-14/h3-6,8-9,11H,2,7,10,12H2,1H3,(H,21,26)(H,22,23,24). The van der Waals surface area contributed by atoms with Crippen molar-refractivity contribution in [3.05, 3.63) is 59.7 Å². The number of anilines is 1. The molecule has 1 aliphatic rings. The first-order chi connectivity index (χ1) is 12.7. The molecule has 0 radical (unpaired) electrons. The summed E-state index contributed by atoms with van der Waals surface area (Å²) in [5.41, 5.74) is 4.42. The third-order valence-electron chi connectivity index (χ3n) is 4.57. The number of carbonyl (C=O) groups excluding carboxylic acids is 1. The number of hydrogen-bond donors (Lipinski definition) is 2. The van der Waals surface area contributed by atoms with Gasteiger partial charge in [0.1, 0.15) is 5.82 Å². The lowest BCUT2D eigenvalue weighted by atomic mass is 10.1. The Morgan fingerprint density at radius 1 is 1.27 bits per heavy atom. The second-order valence-electron chi connectivity index (χ2n) is 6.22. The number of aromatic amines is 1. The van der Waals surface area contributed by atoms with E-state index in [1.54, 1.807) is 17.3 Å². The molecular formula is C19H20N6O. The number of pyridine rings is 1. The van der Waals surface area contributed by atoms with Gasteiger partial charge in [-0.15, -0.1) is 0 Å². The van der Waals surface area contributed by atoms with Gasteiger partial charge in [-0.25, -0.2) is 9.78 Å². The lowest BCUT2D eigenvalue weighted by molar-refractivity contribution is 0.246. The molecule has 2 N–H and O–H groups in total. The summed E-state index contributed by atoms with van der Waals surface area (Å²) in [4.78, 5) is 22.7. The van der Waals surface area contributed by atoms with Crippen LogP contribution in [-0.4, -0.2) is 32.7 Å². The molecule has 26 heavy (non-hydrogen) atoms. The Balaban J connectivity index is 1.41. The van der Waals surface area contributed by atoms with Gasteiger partial charge < -0.3 is 5.32 Å². The Kier molecular flexibility index (Phi) is 4.35. The minimum Gasteiger partial charge on any atom is -0.330 e. The molecule has 0 aliphatic carbocycles. The zero-order valence-electron chi connectivity index (χ0n) is 14.6. The van der Waals surface area contributed by atoms with E-state index in [0.717, 1.165) is 24.1 Å². The van der Waals surface area contributed by atoms with Crippen molar-refractivity contribution in [2.75, 3.05) is 11.4 Å². The lowest BCUT2D eigenvalue weighted by Gasteiger charge is -2.17. The average molecular weight is 348 g/mol. The molecule has 0 atom stereocenters. The van der Waals surface area contributed by atoms with Gasteiger partial charge in [0.05, 0.1) is 6.54 Å². The van der Waals surface area contributed by atoms with E-state index in [1.807, 2.05) is 18.2 Å². The van der Waals surface area contributed by atoms with Gasteiger partial charge in [-0.1, -0.05) is 19.1 Å². The van der Waals surface area contributed by atoms with E-state index >= 15 is 0 Å². The van der Waals surface area contributed by atoms with Crippen LogP contribution in [0.4, 0.5) is 10.5 Å². The molecule has 0 saturated heterocycles. The van der Waals surface area contributed by atoms with Crippen LogP contribution in [-0.2, 0) is 19.4 Å². The van der Waals surface area contributed by atoms with Crippen LogP contribution in [0.1, 0.15) is 23.9 Å². The summed E-state index contributed by atoms with van der Waals surface area (Å²) in [5.74, 6) is 1.21. The number of rotatable bonds is 4. The van der Waals surface area contributed by atoms with Crippen LogP contribution in [0, 0.1) is 0 Å². The minimum absolute atomic E-state index is 0.116. The number of nitrogens with zero attached hydrogens (tertiary/aromatic N) is 4. The Morgan fingerprint density at radius 2 is 2.12 bits per heavy atom. The molecule has 0 unspecified atom stereocenters. The van der Waals surface area contributed by atoms with Crippen molar-refractivity contribution in [1.82, 2.24) is 25.5 Å². The van der Waals surface area contributed by atoms with E-state index in [4.69, 9.17) is 0 Å². The van der Waals surface area contributed by atoms with Crippen molar-refractivity contribution >= 4 is 11.7 Å². The van der Waals surface area contributed by atoms with Crippen molar-refractivity contribution < 1.29 is 4.79 Å². The maximum Gasteiger partial charge on any atom is 0.322 e. The van der Waals surface area contributed by atoms with Gasteiger partial charge in [-0.3, -0.25) is 15.0 Å². The zero-order valence-corrected chi connectivity index (χ0v) is 14.6. The maximum atomic E-state index is 12.6. The Morgan fingerprint density at radius 3 is 2.92 bits per heavy atom. The van der Waals surface area contributed by atoms with Gasteiger partial charge in [0.15, 0.2) is 5.82 Å². The molecule has 7 heteroatoms. The fourth-order valence-corrected chi connectivity index (χ4v) is 3.15. The van der Waals surface area contributed by atoms with Crippen LogP contribution in [0.5, 0.6) is 0 Å². The summed E-state index contributed by atoms with van der Waals surface area (Å²) in [6, 6.07) is 9.89. The zero-order chi connectivity index (χ0) is 17.9. The number of hydrogen-bond acceptors (Lipinski definition) is 4. The number of carbonyl (C=O) groups is 1. The largest absolute Gasteiger partial charge is 0.330 e. The highest BCUT2D eigenvalue weighted by atomic mass is 16.2. The highest BCUT2D eigenvalue weighted by Gasteiger charge is 2.24. The normalized spacial score (nSPS) is 12.9. The van der Waals surface area contributed by atoms with Crippen LogP contribution >= 0.6 is 0 Å². The minimum atomic E-state index is -0.116. The van der Waals surface area contributed by atoms with Crippen molar-refractivity contribution in [2.24, 2.45) is 0 Å². The highest BCUT2D eigenvalue weighted by molar-refractivity contribution is 5.94. The third-order valence-corrected chi connectivity index (χ3v) is 4.57. The molecule has 1 aromatic carbocycles. The van der Waals surface area contributed by atoms with Crippen LogP contribution in [0.3, 0.4) is 0 Å². The number of aromatic nitrogens is 4. The van der Waals surface area contributed by atoms with Crippen molar-refractivity contribution in [2.45, 2.75) is 26.3 Å². The van der Waals surface area contributed by atoms with Crippen LogP contribution in [0.2, 0.25) is 0 Å². The van der Waals surface area contributed by atoms with Gasteiger partial charge in [0.2, 0.25) is 0 Å². The van der Waals surface area contributed by atoms with Gasteiger partial charge >= 0.3 is 6.03 Å². The summed E-state index contributed by atoms with van der Waals surface area (Å²) in [6.45, 7) is 3.14. The van der Waals surface area contributed by atoms with Gasteiger partial charge in [-0.05, 0) is 42.2 Å². The van der Waals surface area contributed by atoms with Crippen molar-refractivity contribution in [3.8, 4) is 11.4 Å². The Hall–Kier alpha value is -3.22. The van der Waals surface area contributed by atoms with E-state index in [9.17, 15) is 4.79 Å². The first-order valence-electron chi connectivity index (χ1n) is 8.73. The summed E-state index contributed by atoms with van der Waals surface area (Å²) in [5, 5.41) is 9.97. The van der Waals surface area contributed by atoms with E-state index in [2.05, 4.69) is 44.5 Å². The van der Waals surface area contributed by atoms with Gasteiger partial charge in [0, 0.05) is 30.2 Å². The molecule has 1 aliphatic heterocycles. The topological polar surface area (TPSA) is 86.8 Å². The predicted molar refractivity (Wildman–Crippen MR) is 98.7 cm³/mol. The van der Waals surface area contributed by atoms with E-state index in [1.165, 1.54) is 11.1 Å². The summed E-state index contributed by atoms with van der Waals surface area (Å²) in [7, 11) is 0. The smallest absolute Gasteiger partial charge is 0.322 e. The van der Waals surface area contributed by atoms with Crippen LogP contribution in [0.15, 0.2) is 42.7 Å². The molecular weight excluding hydrogens is 328 g/mol. The van der Waals surface area contributed by atoms with Crippen LogP contribution in [0.25, 0.3) is 11.4 Å². The number of amides is 2. The molecule has 0 bridgehead atoms. The highest BCUT2D eigenvalue weighted by Crippen LogP contribution is 2.29. The number of benzene rings is 1. The molecule has 2 amide bonds. The van der Waals surface area contributed by atoms with Gasteiger partial charge in [-0.2, -0.15) is 5.10 Å². The summed E-state index contributed by atoms with van der Waals surface area (Å²) in [6.07, 6.45) is 5.29. The fraction of sp³-hybridized carbons (Fsp3) is 0.263. The molecule has 0 saturated carbocycles. The average Bonchev–Trinajstić information content (AvgIpc) is 3.33. The Bertz CT molecular complexity index is 921.